The quantitative estimate of drug-likeness (QED) is 0.0937. The van der Waals surface area contributed by atoms with Crippen LogP contribution < -0.4 is 14.9 Å². The predicted molar refractivity (Wildman–Crippen MR) is 167 cm³/mol. The van der Waals surface area contributed by atoms with E-state index >= 15 is 0 Å². The molecular formula is C33H29ClN4O6. The van der Waals surface area contributed by atoms with Gasteiger partial charge in [-0.1, -0.05) is 41.4 Å². The van der Waals surface area contributed by atoms with Gasteiger partial charge in [-0.3, -0.25) is 14.9 Å². The number of nitro benzene ring substituents is 1. The Hall–Kier alpha value is -5.35. The maximum absolute atomic E-state index is 12.7. The number of halogens is 1. The molecule has 0 saturated heterocycles. The molecule has 11 heteroatoms. The van der Waals surface area contributed by atoms with Gasteiger partial charge in [0.2, 0.25) is 5.75 Å². The number of hydrogen-bond acceptors (Lipinski definition) is 7. The largest absolute Gasteiger partial charge is 0.486 e. The first-order chi connectivity index (χ1) is 21.2. The van der Waals surface area contributed by atoms with E-state index in [0.29, 0.717) is 11.5 Å². The van der Waals surface area contributed by atoms with Crippen molar-refractivity contribution in [3.05, 3.63) is 140 Å². The van der Waals surface area contributed by atoms with Crippen LogP contribution in [0.1, 0.15) is 44.4 Å². The predicted octanol–water partition coefficient (Wildman–Crippen LogP) is 7.48. The normalized spacial score (nSPS) is 11.1. The van der Waals surface area contributed by atoms with Crippen LogP contribution in [0.25, 0.3) is 5.69 Å². The van der Waals surface area contributed by atoms with Crippen molar-refractivity contribution in [2.75, 3.05) is 0 Å². The number of amides is 1. The molecule has 5 rings (SSSR count). The Morgan fingerprint density at radius 2 is 1.73 bits per heavy atom. The number of nitrogens with one attached hydrogen (secondary N) is 1. The number of nitrogens with zero attached hydrogens (tertiary/aromatic N) is 3. The summed E-state index contributed by atoms with van der Waals surface area (Å²) in [5.41, 5.74) is 7.45. The van der Waals surface area contributed by atoms with Crippen molar-refractivity contribution in [3.63, 3.8) is 0 Å². The average Bonchev–Trinajstić information content (AvgIpc) is 3.61. The summed E-state index contributed by atoms with van der Waals surface area (Å²) in [5, 5.41) is 15.8. The average molecular weight is 613 g/mol. The fourth-order valence-corrected chi connectivity index (χ4v) is 4.88. The molecule has 0 aliphatic heterocycles. The molecule has 0 atom stereocenters. The third kappa shape index (κ3) is 7.16. The summed E-state index contributed by atoms with van der Waals surface area (Å²) in [6.45, 7) is 6.25. The monoisotopic (exact) mass is 612 g/mol. The Labute approximate surface area is 258 Å². The van der Waals surface area contributed by atoms with Gasteiger partial charge in [-0.05, 0) is 80.9 Å². The zero-order valence-electron chi connectivity index (χ0n) is 24.2. The van der Waals surface area contributed by atoms with Crippen LogP contribution in [0.5, 0.6) is 11.5 Å². The summed E-state index contributed by atoms with van der Waals surface area (Å²) < 4.78 is 19.4. The number of carbonyl (C=O) groups is 1. The molecule has 2 heterocycles. The van der Waals surface area contributed by atoms with Crippen molar-refractivity contribution < 1.29 is 23.6 Å². The molecule has 2 aromatic heterocycles. The number of benzene rings is 3. The number of ether oxygens (including phenoxy) is 2. The lowest BCUT2D eigenvalue weighted by Gasteiger charge is -2.11. The zero-order chi connectivity index (χ0) is 31.2. The number of furan rings is 1. The van der Waals surface area contributed by atoms with Crippen molar-refractivity contribution in [3.8, 4) is 17.2 Å². The van der Waals surface area contributed by atoms with Crippen LogP contribution in [0.2, 0.25) is 5.02 Å². The van der Waals surface area contributed by atoms with E-state index in [0.717, 1.165) is 28.2 Å². The van der Waals surface area contributed by atoms with Crippen LogP contribution in [0.15, 0.2) is 94.4 Å². The third-order valence-electron chi connectivity index (χ3n) is 6.73. The molecule has 0 spiro atoms. The second-order valence-electron chi connectivity index (χ2n) is 10.1. The Bertz CT molecular complexity index is 1820. The number of hydrogen-bond donors (Lipinski definition) is 1. The van der Waals surface area contributed by atoms with Crippen molar-refractivity contribution >= 4 is 29.4 Å². The van der Waals surface area contributed by atoms with Crippen molar-refractivity contribution in [2.24, 2.45) is 5.10 Å². The van der Waals surface area contributed by atoms with E-state index in [4.69, 9.17) is 25.5 Å². The van der Waals surface area contributed by atoms with Gasteiger partial charge < -0.3 is 18.5 Å². The molecule has 0 saturated carbocycles. The second kappa shape index (κ2) is 13.3. The second-order valence-corrected chi connectivity index (χ2v) is 10.5. The number of nitro groups is 1. The zero-order valence-corrected chi connectivity index (χ0v) is 25.0. The minimum absolute atomic E-state index is 0.0163. The standard InChI is InChI=1S/C33H29ClN4O6/c1-21-5-4-6-24(15-21)19-43-32-25(16-26(34)17-30(32)38(40)41)18-35-36-33(39)31-14-13-29(44-31)20-42-28-11-9-27(10-12-28)37-22(2)7-8-23(37)3/h4-18H,19-20H2,1-3H3,(H,36,39)/b35-18+. The van der Waals surface area contributed by atoms with E-state index in [1.165, 1.54) is 24.4 Å². The van der Waals surface area contributed by atoms with Gasteiger partial charge in [0.05, 0.1) is 11.1 Å². The molecule has 1 N–H and O–H groups in total. The van der Waals surface area contributed by atoms with E-state index in [9.17, 15) is 14.9 Å². The van der Waals surface area contributed by atoms with Gasteiger partial charge in [0.15, 0.2) is 5.76 Å². The molecule has 0 aliphatic rings. The van der Waals surface area contributed by atoms with Crippen LogP contribution in [-0.2, 0) is 13.2 Å². The minimum Gasteiger partial charge on any atom is -0.486 e. The van der Waals surface area contributed by atoms with E-state index in [1.807, 2.05) is 55.5 Å². The first-order valence-electron chi connectivity index (χ1n) is 13.6. The van der Waals surface area contributed by atoms with Crippen LogP contribution in [0, 0.1) is 30.9 Å². The van der Waals surface area contributed by atoms with Crippen LogP contribution in [0.3, 0.4) is 0 Å². The van der Waals surface area contributed by atoms with E-state index < -0.39 is 10.8 Å². The van der Waals surface area contributed by atoms with Crippen LogP contribution >= 0.6 is 11.6 Å². The molecule has 10 nitrogen and oxygen atoms in total. The van der Waals surface area contributed by atoms with Gasteiger partial charge in [0.25, 0.3) is 0 Å². The van der Waals surface area contributed by atoms with Crippen molar-refractivity contribution in [1.29, 1.82) is 0 Å². The highest BCUT2D eigenvalue weighted by Gasteiger charge is 2.21. The first-order valence-corrected chi connectivity index (χ1v) is 14.0. The fourth-order valence-electron chi connectivity index (χ4n) is 4.66. The number of hydrazone groups is 1. The summed E-state index contributed by atoms with van der Waals surface area (Å²) in [6.07, 6.45) is 1.23. The third-order valence-corrected chi connectivity index (χ3v) is 6.95. The molecule has 3 aromatic carbocycles. The van der Waals surface area contributed by atoms with Gasteiger partial charge in [-0.25, -0.2) is 5.43 Å². The fraction of sp³-hybridized carbons (Fsp3) is 0.152. The number of rotatable bonds is 11. The van der Waals surface area contributed by atoms with Gasteiger partial charge in [-0.15, -0.1) is 0 Å². The highest BCUT2D eigenvalue weighted by Crippen LogP contribution is 2.34. The Kier molecular flexibility index (Phi) is 9.11. The maximum Gasteiger partial charge on any atom is 0.313 e. The van der Waals surface area contributed by atoms with Crippen LogP contribution in [-0.4, -0.2) is 21.6 Å². The van der Waals surface area contributed by atoms with Gasteiger partial charge in [0, 0.05) is 33.7 Å². The molecule has 0 aliphatic carbocycles. The molecule has 44 heavy (non-hydrogen) atoms. The SMILES string of the molecule is Cc1cccc(COc2c(/C=N/NC(=O)c3ccc(COc4ccc(-n5c(C)ccc5C)cc4)o3)cc(Cl)cc2[N+](=O)[O-])c1. The lowest BCUT2D eigenvalue weighted by molar-refractivity contribution is -0.385. The minimum atomic E-state index is -0.618. The molecule has 0 radical (unpaired) electrons. The topological polar surface area (TPSA) is 121 Å². The van der Waals surface area contributed by atoms with Gasteiger partial charge in [-0.2, -0.15) is 5.10 Å². The molecule has 224 valence electrons. The van der Waals surface area contributed by atoms with Gasteiger partial charge >= 0.3 is 11.6 Å². The molecule has 0 fully saturated rings. The van der Waals surface area contributed by atoms with E-state index in [1.54, 1.807) is 6.07 Å². The molecule has 5 aromatic rings. The molecule has 0 unspecified atom stereocenters. The molecule has 1 amide bonds. The van der Waals surface area contributed by atoms with Crippen molar-refractivity contribution in [2.45, 2.75) is 34.0 Å². The summed E-state index contributed by atoms with van der Waals surface area (Å²) in [5.74, 6) is 0.468. The smallest absolute Gasteiger partial charge is 0.313 e. The molecule has 0 bridgehead atoms. The highest BCUT2D eigenvalue weighted by atomic mass is 35.5. The van der Waals surface area contributed by atoms with Crippen molar-refractivity contribution in [1.82, 2.24) is 9.99 Å². The Morgan fingerprint density at radius 3 is 2.43 bits per heavy atom. The Morgan fingerprint density at radius 1 is 0.977 bits per heavy atom. The summed E-state index contributed by atoms with van der Waals surface area (Å²) in [6, 6.07) is 25.2. The van der Waals surface area contributed by atoms with Gasteiger partial charge in [0.1, 0.15) is 24.7 Å². The van der Waals surface area contributed by atoms with E-state index in [2.05, 4.69) is 41.1 Å². The summed E-state index contributed by atoms with van der Waals surface area (Å²) >= 11 is 6.12. The lowest BCUT2D eigenvalue weighted by Crippen LogP contribution is -2.17. The Balaban J connectivity index is 1.21. The highest BCUT2D eigenvalue weighted by molar-refractivity contribution is 6.31. The first kappa shape index (κ1) is 30.1. The number of aromatic nitrogens is 1. The summed E-state index contributed by atoms with van der Waals surface area (Å²) in [4.78, 5) is 23.8. The number of carbonyl (C=O) groups excluding carboxylic acids is 1. The number of aryl methyl sites for hydroxylation is 3. The van der Waals surface area contributed by atoms with E-state index in [-0.39, 0.29) is 41.0 Å². The lowest BCUT2D eigenvalue weighted by atomic mass is 10.1. The molecular weight excluding hydrogens is 584 g/mol. The summed E-state index contributed by atoms with van der Waals surface area (Å²) in [7, 11) is 0. The maximum atomic E-state index is 12.7. The van der Waals surface area contributed by atoms with Crippen LogP contribution in [0.4, 0.5) is 5.69 Å².